The van der Waals surface area contributed by atoms with Crippen LogP contribution < -0.4 is 0 Å². The second-order valence-corrected chi connectivity index (χ2v) is 4.01. The Morgan fingerprint density at radius 1 is 1.37 bits per heavy atom. The van der Waals surface area contributed by atoms with E-state index in [0.29, 0.717) is 18.7 Å². The average molecular weight is 263 g/mol. The van der Waals surface area contributed by atoms with E-state index >= 15 is 0 Å². The molecule has 19 heavy (non-hydrogen) atoms. The number of benzene rings is 1. The van der Waals surface area contributed by atoms with Crippen molar-refractivity contribution in [3.63, 3.8) is 0 Å². The molecule has 0 spiro atoms. The Hall–Kier alpha value is -2.24. The van der Waals surface area contributed by atoms with Crippen LogP contribution >= 0.6 is 0 Å². The SMILES string of the molecule is CCc1c(C(=O)OC)nnn1Cc1ccc(F)cc1. The fourth-order valence-corrected chi connectivity index (χ4v) is 1.83. The van der Waals surface area contributed by atoms with Crippen LogP contribution in [-0.2, 0) is 17.7 Å². The summed E-state index contributed by atoms with van der Waals surface area (Å²) in [5.74, 6) is -0.782. The number of rotatable bonds is 4. The molecule has 0 radical (unpaired) electrons. The van der Waals surface area contributed by atoms with E-state index in [4.69, 9.17) is 0 Å². The lowest BCUT2D eigenvalue weighted by molar-refractivity contribution is 0.0592. The highest BCUT2D eigenvalue weighted by Crippen LogP contribution is 2.11. The van der Waals surface area contributed by atoms with Crippen LogP contribution in [0.1, 0.15) is 28.7 Å². The van der Waals surface area contributed by atoms with E-state index < -0.39 is 5.97 Å². The molecule has 0 N–H and O–H groups in total. The zero-order valence-corrected chi connectivity index (χ0v) is 10.8. The van der Waals surface area contributed by atoms with Gasteiger partial charge in [-0.25, -0.2) is 13.9 Å². The summed E-state index contributed by atoms with van der Waals surface area (Å²) in [6, 6.07) is 6.13. The fourth-order valence-electron chi connectivity index (χ4n) is 1.83. The standard InChI is InChI=1S/C13H14FN3O2/c1-3-11-12(13(18)19-2)15-16-17(11)8-9-4-6-10(14)7-5-9/h4-7H,3,8H2,1-2H3. The first-order valence-corrected chi connectivity index (χ1v) is 5.90. The van der Waals surface area contributed by atoms with Gasteiger partial charge in [-0.3, -0.25) is 0 Å². The number of methoxy groups -OCH3 is 1. The predicted molar refractivity (Wildman–Crippen MR) is 66.2 cm³/mol. The normalized spacial score (nSPS) is 10.5. The van der Waals surface area contributed by atoms with E-state index in [-0.39, 0.29) is 11.5 Å². The highest BCUT2D eigenvalue weighted by molar-refractivity contribution is 5.88. The Balaban J connectivity index is 2.28. The molecule has 0 unspecified atom stereocenters. The van der Waals surface area contributed by atoms with Crippen molar-refractivity contribution >= 4 is 5.97 Å². The third kappa shape index (κ3) is 2.78. The first-order chi connectivity index (χ1) is 9.15. The van der Waals surface area contributed by atoms with Crippen molar-refractivity contribution < 1.29 is 13.9 Å². The minimum Gasteiger partial charge on any atom is -0.464 e. The lowest BCUT2D eigenvalue weighted by atomic mass is 10.2. The third-order valence-corrected chi connectivity index (χ3v) is 2.80. The van der Waals surface area contributed by atoms with Gasteiger partial charge in [-0.2, -0.15) is 0 Å². The summed E-state index contributed by atoms with van der Waals surface area (Å²) >= 11 is 0. The van der Waals surface area contributed by atoms with Gasteiger partial charge < -0.3 is 4.74 Å². The molecule has 0 aliphatic rings. The number of hydrogen-bond acceptors (Lipinski definition) is 4. The van der Waals surface area contributed by atoms with E-state index in [1.54, 1.807) is 16.8 Å². The summed E-state index contributed by atoms with van der Waals surface area (Å²) in [6.07, 6.45) is 0.610. The van der Waals surface area contributed by atoms with Gasteiger partial charge in [0.05, 0.1) is 19.3 Å². The molecule has 0 saturated carbocycles. The molecule has 2 aromatic rings. The topological polar surface area (TPSA) is 57.0 Å². The molecule has 1 aromatic heterocycles. The fraction of sp³-hybridized carbons (Fsp3) is 0.308. The maximum absolute atomic E-state index is 12.8. The van der Waals surface area contributed by atoms with Crippen molar-refractivity contribution in [1.29, 1.82) is 0 Å². The molecule has 0 fully saturated rings. The van der Waals surface area contributed by atoms with Crippen molar-refractivity contribution in [3.05, 3.63) is 47.0 Å². The van der Waals surface area contributed by atoms with Crippen LogP contribution in [0.4, 0.5) is 4.39 Å². The summed E-state index contributed by atoms with van der Waals surface area (Å²) in [7, 11) is 1.31. The molecule has 0 atom stereocenters. The molecular weight excluding hydrogens is 249 g/mol. The zero-order valence-electron chi connectivity index (χ0n) is 10.8. The van der Waals surface area contributed by atoms with Crippen molar-refractivity contribution in [1.82, 2.24) is 15.0 Å². The van der Waals surface area contributed by atoms with Gasteiger partial charge in [0.15, 0.2) is 5.69 Å². The van der Waals surface area contributed by atoms with Crippen LogP contribution in [0.25, 0.3) is 0 Å². The predicted octanol–water partition coefficient (Wildman–Crippen LogP) is 1.81. The minimum atomic E-state index is -0.498. The number of halogens is 1. The molecule has 0 bridgehead atoms. The minimum absolute atomic E-state index is 0.229. The number of ether oxygens (including phenoxy) is 1. The smallest absolute Gasteiger partial charge is 0.360 e. The largest absolute Gasteiger partial charge is 0.464 e. The number of esters is 1. The van der Waals surface area contributed by atoms with Crippen molar-refractivity contribution in [2.24, 2.45) is 0 Å². The van der Waals surface area contributed by atoms with Gasteiger partial charge in [-0.05, 0) is 24.1 Å². The Kier molecular flexibility index (Phi) is 3.89. The molecule has 5 nitrogen and oxygen atoms in total. The number of carbonyl (C=O) groups is 1. The molecule has 0 saturated heterocycles. The first-order valence-electron chi connectivity index (χ1n) is 5.90. The molecule has 2 rings (SSSR count). The van der Waals surface area contributed by atoms with Crippen LogP contribution in [0.15, 0.2) is 24.3 Å². The van der Waals surface area contributed by atoms with Crippen LogP contribution in [0, 0.1) is 5.82 Å². The van der Waals surface area contributed by atoms with Gasteiger partial charge in [0, 0.05) is 0 Å². The molecule has 0 amide bonds. The molecular formula is C13H14FN3O2. The van der Waals surface area contributed by atoms with Gasteiger partial charge in [0.25, 0.3) is 0 Å². The highest BCUT2D eigenvalue weighted by atomic mass is 19.1. The Morgan fingerprint density at radius 2 is 2.05 bits per heavy atom. The molecule has 1 heterocycles. The zero-order chi connectivity index (χ0) is 13.8. The Bertz CT molecular complexity index is 578. The summed E-state index contributed by atoms with van der Waals surface area (Å²) in [4.78, 5) is 11.5. The number of carbonyl (C=O) groups excluding carboxylic acids is 1. The van der Waals surface area contributed by atoms with Gasteiger partial charge >= 0.3 is 5.97 Å². The van der Waals surface area contributed by atoms with Gasteiger partial charge in [0.2, 0.25) is 0 Å². The van der Waals surface area contributed by atoms with E-state index in [2.05, 4.69) is 15.0 Å². The molecule has 1 aromatic carbocycles. The second kappa shape index (κ2) is 5.60. The van der Waals surface area contributed by atoms with Crippen LogP contribution in [0.3, 0.4) is 0 Å². The summed E-state index contributed by atoms with van der Waals surface area (Å²) in [5.41, 5.74) is 1.82. The van der Waals surface area contributed by atoms with Crippen molar-refractivity contribution in [2.75, 3.05) is 7.11 Å². The van der Waals surface area contributed by atoms with Gasteiger partial charge in [-0.15, -0.1) is 5.10 Å². The quantitative estimate of drug-likeness (QED) is 0.789. The number of hydrogen-bond donors (Lipinski definition) is 0. The third-order valence-electron chi connectivity index (χ3n) is 2.80. The monoisotopic (exact) mass is 263 g/mol. The van der Waals surface area contributed by atoms with E-state index in [0.717, 1.165) is 5.56 Å². The molecule has 100 valence electrons. The number of nitrogens with zero attached hydrogens (tertiary/aromatic N) is 3. The average Bonchev–Trinajstić information content (AvgIpc) is 2.83. The first kappa shape index (κ1) is 13.2. The van der Waals surface area contributed by atoms with Crippen LogP contribution in [0.2, 0.25) is 0 Å². The van der Waals surface area contributed by atoms with E-state index in [9.17, 15) is 9.18 Å². The van der Waals surface area contributed by atoms with Crippen molar-refractivity contribution in [3.8, 4) is 0 Å². The van der Waals surface area contributed by atoms with Crippen molar-refractivity contribution in [2.45, 2.75) is 19.9 Å². The Morgan fingerprint density at radius 3 is 2.63 bits per heavy atom. The second-order valence-electron chi connectivity index (χ2n) is 4.01. The highest BCUT2D eigenvalue weighted by Gasteiger charge is 2.18. The van der Waals surface area contributed by atoms with E-state index in [1.165, 1.54) is 19.2 Å². The van der Waals surface area contributed by atoms with E-state index in [1.807, 2.05) is 6.92 Å². The maximum atomic E-state index is 12.8. The van der Waals surface area contributed by atoms with Gasteiger partial charge in [-0.1, -0.05) is 24.3 Å². The Labute approximate surface area is 110 Å². The van der Waals surface area contributed by atoms with Crippen LogP contribution in [-0.4, -0.2) is 28.1 Å². The summed E-state index contributed by atoms with van der Waals surface area (Å²) < 4.78 is 19.1. The molecule has 6 heteroatoms. The summed E-state index contributed by atoms with van der Waals surface area (Å²) in [6.45, 7) is 2.35. The van der Waals surface area contributed by atoms with Crippen LogP contribution in [0.5, 0.6) is 0 Å². The number of aromatic nitrogens is 3. The summed E-state index contributed by atoms with van der Waals surface area (Å²) in [5, 5.41) is 7.78. The lowest BCUT2D eigenvalue weighted by Gasteiger charge is -2.05. The van der Waals surface area contributed by atoms with Gasteiger partial charge in [0.1, 0.15) is 5.82 Å². The maximum Gasteiger partial charge on any atom is 0.360 e. The molecule has 0 aliphatic carbocycles. The molecule has 0 aliphatic heterocycles. The lowest BCUT2D eigenvalue weighted by Crippen LogP contribution is -2.09.